The van der Waals surface area contributed by atoms with E-state index in [-0.39, 0.29) is 5.43 Å². The zero-order valence-corrected chi connectivity index (χ0v) is 17.6. The first-order valence-corrected chi connectivity index (χ1v) is 10.8. The summed E-state index contributed by atoms with van der Waals surface area (Å²) < 4.78 is 7.18. The highest BCUT2D eigenvalue weighted by Gasteiger charge is 2.15. The third-order valence-corrected chi connectivity index (χ3v) is 6.15. The van der Waals surface area contributed by atoms with Crippen molar-refractivity contribution in [3.8, 4) is 5.75 Å². The Morgan fingerprint density at radius 3 is 2.76 bits per heavy atom. The van der Waals surface area contributed by atoms with E-state index in [4.69, 9.17) is 9.72 Å². The Bertz CT molecular complexity index is 1220. The monoisotopic (exact) mass is 407 g/mol. The van der Waals surface area contributed by atoms with Crippen LogP contribution >= 0.6 is 11.3 Å². The fraction of sp³-hybridized carbons (Fsp3) is 0.304. The van der Waals surface area contributed by atoms with E-state index in [2.05, 4.69) is 17.6 Å². The maximum absolute atomic E-state index is 13.5. The summed E-state index contributed by atoms with van der Waals surface area (Å²) in [6, 6.07) is 13.5. The van der Waals surface area contributed by atoms with Crippen molar-refractivity contribution in [2.45, 2.75) is 19.8 Å². The van der Waals surface area contributed by atoms with Gasteiger partial charge in [-0.25, -0.2) is 4.98 Å². The van der Waals surface area contributed by atoms with Gasteiger partial charge in [-0.15, -0.1) is 11.3 Å². The Kier molecular flexibility index (Phi) is 5.92. The number of hydrogen-bond donors (Lipinski definition) is 2. The van der Waals surface area contributed by atoms with Gasteiger partial charge < -0.3 is 15.4 Å². The number of nitrogens with zero attached hydrogens (tertiary/aromatic N) is 1. The molecule has 5 nitrogen and oxygen atoms in total. The van der Waals surface area contributed by atoms with Crippen molar-refractivity contribution in [2.24, 2.45) is 0 Å². The molecule has 0 aliphatic rings. The predicted octanol–water partition coefficient (Wildman–Crippen LogP) is 4.77. The van der Waals surface area contributed by atoms with Crippen molar-refractivity contribution >= 4 is 48.2 Å². The first kappa shape index (κ1) is 19.6. The molecular formula is C23H25N3O2S. The van der Waals surface area contributed by atoms with Crippen molar-refractivity contribution in [3.63, 3.8) is 0 Å². The third-order valence-electron chi connectivity index (χ3n) is 4.97. The molecule has 0 fully saturated rings. The second-order valence-corrected chi connectivity index (χ2v) is 8.06. The van der Waals surface area contributed by atoms with Crippen LogP contribution in [0.25, 0.3) is 31.1 Å². The summed E-state index contributed by atoms with van der Waals surface area (Å²) >= 11 is 1.60. The van der Waals surface area contributed by atoms with Gasteiger partial charge in [-0.1, -0.05) is 25.1 Å². The summed E-state index contributed by atoms with van der Waals surface area (Å²) in [5, 5.41) is 9.19. The van der Waals surface area contributed by atoms with Gasteiger partial charge in [-0.2, -0.15) is 0 Å². The summed E-state index contributed by atoms with van der Waals surface area (Å²) in [5.74, 6) is 1.48. The minimum absolute atomic E-state index is 0.0268. The standard InChI is InChI=1S/C23H25N3O2S/c1-3-11-24-12-6-13-25-23-22-20(16-7-4-5-8-18(16)26-23)21(27)17-14-15(28-2)9-10-19(17)29-22/h4-5,7-10,14,24H,3,6,11-13H2,1-2H3,(H,25,26). The minimum atomic E-state index is 0.0268. The van der Waals surface area contributed by atoms with Crippen LogP contribution in [0.3, 0.4) is 0 Å². The molecule has 29 heavy (non-hydrogen) atoms. The lowest BCUT2D eigenvalue weighted by molar-refractivity contribution is 0.415. The molecule has 0 aliphatic heterocycles. The summed E-state index contributed by atoms with van der Waals surface area (Å²) in [4.78, 5) is 18.3. The molecule has 2 heterocycles. The van der Waals surface area contributed by atoms with Gasteiger partial charge in [0.25, 0.3) is 0 Å². The quantitative estimate of drug-likeness (QED) is 0.250. The summed E-state index contributed by atoms with van der Waals surface area (Å²) in [5.41, 5.74) is 0.858. The molecule has 0 bridgehead atoms. The zero-order chi connectivity index (χ0) is 20.2. The van der Waals surface area contributed by atoms with E-state index in [0.29, 0.717) is 11.1 Å². The Morgan fingerprint density at radius 2 is 1.93 bits per heavy atom. The molecule has 0 spiro atoms. The molecule has 0 radical (unpaired) electrons. The molecule has 2 aromatic heterocycles. The van der Waals surface area contributed by atoms with Gasteiger partial charge in [0.2, 0.25) is 0 Å². The molecule has 0 saturated carbocycles. The Balaban J connectivity index is 1.83. The maximum atomic E-state index is 13.5. The first-order chi connectivity index (χ1) is 14.2. The molecule has 0 saturated heterocycles. The highest BCUT2D eigenvalue weighted by molar-refractivity contribution is 7.25. The number of aromatic nitrogens is 1. The highest BCUT2D eigenvalue weighted by Crippen LogP contribution is 2.34. The van der Waals surface area contributed by atoms with E-state index in [9.17, 15) is 4.79 Å². The highest BCUT2D eigenvalue weighted by atomic mass is 32.1. The predicted molar refractivity (Wildman–Crippen MR) is 124 cm³/mol. The van der Waals surface area contributed by atoms with E-state index >= 15 is 0 Å². The Hall–Kier alpha value is -2.70. The van der Waals surface area contributed by atoms with E-state index in [1.165, 1.54) is 0 Å². The van der Waals surface area contributed by atoms with Gasteiger partial charge in [0.05, 0.1) is 22.7 Å². The van der Waals surface area contributed by atoms with Crippen LogP contribution in [0, 0.1) is 0 Å². The summed E-state index contributed by atoms with van der Waals surface area (Å²) in [6.07, 6.45) is 2.13. The van der Waals surface area contributed by atoms with Gasteiger partial charge in [-0.05, 0) is 50.2 Å². The van der Waals surface area contributed by atoms with Gasteiger partial charge in [0.1, 0.15) is 11.6 Å². The molecule has 0 atom stereocenters. The van der Waals surface area contributed by atoms with Crippen LogP contribution in [0.1, 0.15) is 19.8 Å². The number of methoxy groups -OCH3 is 1. The van der Waals surface area contributed by atoms with E-state index in [1.807, 2.05) is 42.5 Å². The summed E-state index contributed by atoms with van der Waals surface area (Å²) in [7, 11) is 1.62. The van der Waals surface area contributed by atoms with Crippen LogP contribution in [0.4, 0.5) is 5.82 Å². The van der Waals surface area contributed by atoms with Crippen molar-refractivity contribution in [1.82, 2.24) is 10.3 Å². The van der Waals surface area contributed by atoms with E-state index in [1.54, 1.807) is 18.4 Å². The number of ether oxygens (including phenoxy) is 1. The van der Waals surface area contributed by atoms with Crippen LogP contribution in [0.15, 0.2) is 47.3 Å². The van der Waals surface area contributed by atoms with Crippen molar-refractivity contribution in [2.75, 3.05) is 32.1 Å². The molecule has 6 heteroatoms. The zero-order valence-electron chi connectivity index (χ0n) is 16.7. The number of para-hydroxylation sites is 1. The number of rotatable bonds is 8. The maximum Gasteiger partial charge on any atom is 0.196 e. The number of nitrogens with one attached hydrogen (secondary N) is 2. The smallest absolute Gasteiger partial charge is 0.196 e. The molecule has 2 N–H and O–H groups in total. The molecule has 0 amide bonds. The fourth-order valence-electron chi connectivity index (χ4n) is 3.51. The fourth-order valence-corrected chi connectivity index (χ4v) is 4.64. The van der Waals surface area contributed by atoms with Crippen LogP contribution in [-0.4, -0.2) is 31.7 Å². The SMILES string of the molecule is CCCNCCCNc1nc2ccccc2c2c(=O)c3cc(OC)ccc3sc12. The lowest BCUT2D eigenvalue weighted by Gasteiger charge is -2.12. The van der Waals surface area contributed by atoms with Crippen LogP contribution in [0.5, 0.6) is 5.75 Å². The molecule has 4 rings (SSSR count). The van der Waals surface area contributed by atoms with Crippen molar-refractivity contribution in [1.29, 1.82) is 0 Å². The number of pyridine rings is 1. The molecule has 4 aromatic rings. The number of fused-ring (bicyclic) bond motifs is 4. The number of benzene rings is 2. The third kappa shape index (κ3) is 3.91. The Morgan fingerprint density at radius 1 is 1.07 bits per heavy atom. The lowest BCUT2D eigenvalue weighted by Crippen LogP contribution is -2.19. The lowest BCUT2D eigenvalue weighted by atomic mass is 10.1. The van der Waals surface area contributed by atoms with Crippen molar-refractivity contribution in [3.05, 3.63) is 52.7 Å². The second-order valence-electron chi connectivity index (χ2n) is 7.01. The number of anilines is 1. The first-order valence-electron chi connectivity index (χ1n) is 10.0. The normalized spacial score (nSPS) is 11.4. The largest absolute Gasteiger partial charge is 0.497 e. The van der Waals surface area contributed by atoms with Crippen molar-refractivity contribution < 1.29 is 4.74 Å². The van der Waals surface area contributed by atoms with Gasteiger partial charge in [0.15, 0.2) is 5.43 Å². The minimum Gasteiger partial charge on any atom is -0.497 e. The molecule has 2 aromatic carbocycles. The van der Waals surface area contributed by atoms with Crippen LogP contribution in [0.2, 0.25) is 0 Å². The van der Waals surface area contributed by atoms with Gasteiger partial charge in [-0.3, -0.25) is 4.79 Å². The Labute approximate surface area is 173 Å². The van der Waals surface area contributed by atoms with Crippen LogP contribution in [-0.2, 0) is 0 Å². The molecule has 0 aliphatic carbocycles. The average molecular weight is 408 g/mol. The van der Waals surface area contributed by atoms with Gasteiger partial charge >= 0.3 is 0 Å². The summed E-state index contributed by atoms with van der Waals surface area (Å²) in [6.45, 7) is 4.97. The molecular weight excluding hydrogens is 382 g/mol. The van der Waals surface area contributed by atoms with E-state index < -0.39 is 0 Å². The average Bonchev–Trinajstić information content (AvgIpc) is 2.76. The topological polar surface area (TPSA) is 63.2 Å². The number of hydrogen-bond acceptors (Lipinski definition) is 6. The molecule has 150 valence electrons. The van der Waals surface area contributed by atoms with E-state index in [0.717, 1.165) is 64.0 Å². The van der Waals surface area contributed by atoms with Crippen LogP contribution < -0.4 is 20.8 Å². The van der Waals surface area contributed by atoms with Gasteiger partial charge in [0, 0.05) is 22.0 Å². The molecule has 0 unspecified atom stereocenters. The second kappa shape index (κ2) is 8.76.